The molecule has 0 radical (unpaired) electrons. The molecule has 0 bridgehead atoms. The summed E-state index contributed by atoms with van der Waals surface area (Å²) in [5.41, 5.74) is 3.15. The van der Waals surface area contributed by atoms with E-state index in [9.17, 15) is 0 Å². The highest BCUT2D eigenvalue weighted by molar-refractivity contribution is 7.15. The standard InChI is InChI=1S/C14H11N3S/c1-10-17-13(11-5-3-2-4-6-11)14(18-10)12-7-15-9-16-8-12/h2-9H,1H3. The lowest BCUT2D eigenvalue weighted by Crippen LogP contribution is -1.84. The van der Waals surface area contributed by atoms with E-state index in [1.807, 2.05) is 37.5 Å². The Morgan fingerprint density at radius 3 is 2.39 bits per heavy atom. The molecule has 0 amide bonds. The van der Waals surface area contributed by atoms with Gasteiger partial charge in [-0.2, -0.15) is 0 Å². The van der Waals surface area contributed by atoms with Crippen LogP contribution in [0.4, 0.5) is 0 Å². The van der Waals surface area contributed by atoms with Crippen molar-refractivity contribution in [1.29, 1.82) is 0 Å². The van der Waals surface area contributed by atoms with Crippen molar-refractivity contribution in [2.24, 2.45) is 0 Å². The summed E-state index contributed by atoms with van der Waals surface area (Å²) in [6, 6.07) is 10.2. The zero-order valence-electron chi connectivity index (χ0n) is 9.87. The van der Waals surface area contributed by atoms with Gasteiger partial charge in [0.05, 0.1) is 15.6 Å². The van der Waals surface area contributed by atoms with Crippen LogP contribution in [-0.4, -0.2) is 15.0 Å². The Morgan fingerprint density at radius 1 is 0.944 bits per heavy atom. The molecule has 18 heavy (non-hydrogen) atoms. The smallest absolute Gasteiger partial charge is 0.115 e. The van der Waals surface area contributed by atoms with Crippen LogP contribution in [-0.2, 0) is 0 Å². The summed E-state index contributed by atoms with van der Waals surface area (Å²) in [4.78, 5) is 13.9. The minimum Gasteiger partial charge on any atom is -0.244 e. The predicted molar refractivity (Wildman–Crippen MR) is 73.3 cm³/mol. The van der Waals surface area contributed by atoms with Gasteiger partial charge in [-0.3, -0.25) is 0 Å². The number of aryl methyl sites for hydroxylation is 1. The number of aromatic nitrogens is 3. The Kier molecular flexibility index (Phi) is 2.86. The van der Waals surface area contributed by atoms with Crippen LogP contribution < -0.4 is 0 Å². The molecule has 0 unspecified atom stereocenters. The lowest BCUT2D eigenvalue weighted by atomic mass is 10.1. The number of benzene rings is 1. The zero-order valence-corrected chi connectivity index (χ0v) is 10.7. The second-order valence-corrected chi connectivity index (χ2v) is 5.11. The summed E-state index contributed by atoms with van der Waals surface area (Å²) in [6.45, 7) is 2.02. The number of hydrogen-bond acceptors (Lipinski definition) is 4. The summed E-state index contributed by atoms with van der Waals surface area (Å²) < 4.78 is 0. The molecule has 0 atom stereocenters. The monoisotopic (exact) mass is 253 g/mol. The van der Waals surface area contributed by atoms with Crippen molar-refractivity contribution < 1.29 is 0 Å². The van der Waals surface area contributed by atoms with E-state index in [0.717, 1.165) is 26.7 Å². The molecule has 0 aliphatic rings. The summed E-state index contributed by atoms with van der Waals surface area (Å²) in [5.74, 6) is 0. The van der Waals surface area contributed by atoms with Gasteiger partial charge in [0, 0.05) is 23.5 Å². The highest BCUT2D eigenvalue weighted by Gasteiger charge is 2.13. The normalized spacial score (nSPS) is 10.5. The molecule has 0 aliphatic carbocycles. The zero-order chi connectivity index (χ0) is 12.4. The number of thiazole rings is 1. The fourth-order valence-corrected chi connectivity index (χ4v) is 2.75. The number of hydrogen-bond donors (Lipinski definition) is 0. The van der Waals surface area contributed by atoms with E-state index >= 15 is 0 Å². The Morgan fingerprint density at radius 2 is 1.67 bits per heavy atom. The van der Waals surface area contributed by atoms with Gasteiger partial charge in [-0.25, -0.2) is 15.0 Å². The quantitative estimate of drug-likeness (QED) is 0.700. The molecule has 0 saturated carbocycles. The second kappa shape index (κ2) is 4.66. The van der Waals surface area contributed by atoms with E-state index in [0.29, 0.717) is 0 Å². The third kappa shape index (κ3) is 2.02. The van der Waals surface area contributed by atoms with Crippen molar-refractivity contribution in [3.8, 4) is 21.7 Å². The molecule has 3 nitrogen and oxygen atoms in total. The maximum absolute atomic E-state index is 4.62. The first-order valence-corrected chi connectivity index (χ1v) is 6.44. The van der Waals surface area contributed by atoms with E-state index in [4.69, 9.17) is 0 Å². The number of nitrogens with zero attached hydrogens (tertiary/aromatic N) is 3. The minimum atomic E-state index is 1.01. The van der Waals surface area contributed by atoms with Gasteiger partial charge in [0.1, 0.15) is 6.33 Å². The van der Waals surface area contributed by atoms with Gasteiger partial charge in [-0.05, 0) is 6.92 Å². The lowest BCUT2D eigenvalue weighted by Gasteiger charge is -2.01. The van der Waals surface area contributed by atoms with Crippen LogP contribution in [0.1, 0.15) is 5.01 Å². The van der Waals surface area contributed by atoms with Crippen molar-refractivity contribution >= 4 is 11.3 Å². The largest absolute Gasteiger partial charge is 0.244 e. The predicted octanol–water partition coefficient (Wildman–Crippen LogP) is 3.58. The maximum Gasteiger partial charge on any atom is 0.115 e. The first-order valence-electron chi connectivity index (χ1n) is 5.63. The molecule has 0 N–H and O–H groups in total. The topological polar surface area (TPSA) is 38.7 Å². The van der Waals surface area contributed by atoms with Gasteiger partial charge in [0.15, 0.2) is 0 Å². The fraction of sp³-hybridized carbons (Fsp3) is 0.0714. The molecule has 2 aromatic heterocycles. The van der Waals surface area contributed by atoms with Crippen LogP contribution in [0.15, 0.2) is 49.1 Å². The highest BCUT2D eigenvalue weighted by atomic mass is 32.1. The molecule has 2 heterocycles. The third-order valence-electron chi connectivity index (χ3n) is 2.60. The van der Waals surface area contributed by atoms with E-state index in [1.54, 1.807) is 17.7 Å². The summed E-state index contributed by atoms with van der Waals surface area (Å²) >= 11 is 1.67. The third-order valence-corrected chi connectivity index (χ3v) is 3.62. The van der Waals surface area contributed by atoms with E-state index < -0.39 is 0 Å². The van der Waals surface area contributed by atoms with E-state index in [-0.39, 0.29) is 0 Å². The van der Waals surface area contributed by atoms with Gasteiger partial charge in [-0.15, -0.1) is 11.3 Å². The van der Waals surface area contributed by atoms with Crippen molar-refractivity contribution in [2.75, 3.05) is 0 Å². The van der Waals surface area contributed by atoms with Gasteiger partial charge in [0.25, 0.3) is 0 Å². The lowest BCUT2D eigenvalue weighted by molar-refractivity contribution is 1.17. The Hall–Kier alpha value is -2.07. The van der Waals surface area contributed by atoms with Crippen molar-refractivity contribution in [1.82, 2.24) is 15.0 Å². The molecule has 1 aromatic carbocycles. The minimum absolute atomic E-state index is 1.01. The summed E-state index contributed by atoms with van der Waals surface area (Å²) in [7, 11) is 0. The van der Waals surface area contributed by atoms with Crippen LogP contribution in [0.3, 0.4) is 0 Å². The highest BCUT2D eigenvalue weighted by Crippen LogP contribution is 2.35. The Balaban J connectivity index is 2.17. The molecule has 3 aromatic rings. The van der Waals surface area contributed by atoms with E-state index in [1.165, 1.54) is 0 Å². The first kappa shape index (κ1) is 11.0. The fourth-order valence-electron chi connectivity index (χ4n) is 1.83. The molecule has 0 fully saturated rings. The molecule has 0 saturated heterocycles. The van der Waals surface area contributed by atoms with Crippen molar-refractivity contribution in [3.63, 3.8) is 0 Å². The summed E-state index contributed by atoms with van der Waals surface area (Å²) in [6.07, 6.45) is 5.19. The first-order chi connectivity index (χ1) is 8.84. The molecule has 0 spiro atoms. The van der Waals surface area contributed by atoms with Gasteiger partial charge >= 0.3 is 0 Å². The van der Waals surface area contributed by atoms with Crippen LogP contribution in [0.2, 0.25) is 0 Å². The Bertz CT molecular complexity index is 590. The van der Waals surface area contributed by atoms with Crippen LogP contribution in [0.5, 0.6) is 0 Å². The average Bonchev–Trinajstić information content (AvgIpc) is 2.83. The van der Waals surface area contributed by atoms with Crippen LogP contribution in [0.25, 0.3) is 21.7 Å². The molecular formula is C14H11N3S. The van der Waals surface area contributed by atoms with Crippen molar-refractivity contribution in [2.45, 2.75) is 6.92 Å². The average molecular weight is 253 g/mol. The molecule has 88 valence electrons. The second-order valence-electron chi connectivity index (χ2n) is 3.90. The molecule has 0 aliphatic heterocycles. The van der Waals surface area contributed by atoms with E-state index in [2.05, 4.69) is 27.1 Å². The number of rotatable bonds is 2. The van der Waals surface area contributed by atoms with Gasteiger partial charge in [-0.1, -0.05) is 30.3 Å². The van der Waals surface area contributed by atoms with Gasteiger partial charge in [0.2, 0.25) is 0 Å². The van der Waals surface area contributed by atoms with Crippen molar-refractivity contribution in [3.05, 3.63) is 54.1 Å². The van der Waals surface area contributed by atoms with Crippen LogP contribution >= 0.6 is 11.3 Å². The molecular weight excluding hydrogens is 242 g/mol. The SMILES string of the molecule is Cc1nc(-c2ccccc2)c(-c2cncnc2)s1. The van der Waals surface area contributed by atoms with Gasteiger partial charge < -0.3 is 0 Å². The summed E-state index contributed by atoms with van der Waals surface area (Å²) in [5, 5.41) is 1.05. The molecule has 4 heteroatoms. The van der Waals surface area contributed by atoms with Crippen LogP contribution in [0, 0.1) is 6.92 Å². The Labute approximate surface area is 109 Å². The molecule has 3 rings (SSSR count). The maximum atomic E-state index is 4.62.